The van der Waals surface area contributed by atoms with Crippen LogP contribution in [0.1, 0.15) is 37.4 Å². The second kappa shape index (κ2) is 8.56. The molecule has 1 aliphatic heterocycles. The Labute approximate surface area is 172 Å². The van der Waals surface area contributed by atoms with Gasteiger partial charge >= 0.3 is 0 Å². The van der Waals surface area contributed by atoms with E-state index in [4.69, 9.17) is 4.74 Å². The summed E-state index contributed by atoms with van der Waals surface area (Å²) in [6, 6.07) is 6.58. The number of hydrogen-bond donors (Lipinski definition) is 1. The zero-order chi connectivity index (χ0) is 21.1. The zero-order valence-corrected chi connectivity index (χ0v) is 16.9. The van der Waals surface area contributed by atoms with Gasteiger partial charge in [-0.1, -0.05) is 0 Å². The number of aromatic nitrogens is 4. The molecular weight excluding hydrogens is 386 g/mol. The number of methoxy groups -OCH3 is 1. The molecule has 1 amide bonds. The summed E-state index contributed by atoms with van der Waals surface area (Å²) in [4.78, 5) is 41.4. The molecule has 1 N–H and O–H groups in total. The molecule has 3 aromatic heterocycles. The minimum Gasteiger partial charge on any atom is -0.480 e. The highest BCUT2D eigenvalue weighted by Crippen LogP contribution is 2.22. The summed E-state index contributed by atoms with van der Waals surface area (Å²) in [5, 5.41) is 4.24. The summed E-state index contributed by atoms with van der Waals surface area (Å²) >= 11 is 0. The smallest absolute Gasteiger partial charge is 0.272 e. The molecule has 30 heavy (non-hydrogen) atoms. The molecule has 0 spiro atoms. The van der Waals surface area contributed by atoms with Crippen molar-refractivity contribution in [1.29, 1.82) is 0 Å². The van der Waals surface area contributed by atoms with Crippen LogP contribution in [0, 0.1) is 0 Å². The van der Waals surface area contributed by atoms with Crippen LogP contribution in [0.2, 0.25) is 0 Å². The number of nitrogens with zero attached hydrogens (tertiary/aromatic N) is 4. The highest BCUT2D eigenvalue weighted by molar-refractivity contribution is 5.76. The third-order valence-electron chi connectivity index (χ3n) is 5.59. The quantitative estimate of drug-likeness (QED) is 0.660. The number of carbonyl (C=O) groups excluding carboxylic acids is 1. The summed E-state index contributed by atoms with van der Waals surface area (Å²) in [5.74, 6) is 0.507. The van der Waals surface area contributed by atoms with Gasteiger partial charge in [-0.15, -0.1) is 5.10 Å². The molecule has 0 radical (unpaired) electrons. The highest BCUT2D eigenvalue weighted by atomic mass is 16.5. The fraction of sp³-hybridized carbons (Fsp3) is 0.429. The lowest BCUT2D eigenvalue weighted by Crippen LogP contribution is -2.41. The van der Waals surface area contributed by atoms with Crippen LogP contribution in [0.5, 0.6) is 5.88 Å². The fourth-order valence-electron chi connectivity index (χ4n) is 3.96. The first-order chi connectivity index (χ1) is 14.5. The molecule has 0 aliphatic carbocycles. The topological polar surface area (TPSA) is 102 Å². The van der Waals surface area contributed by atoms with Crippen LogP contribution < -0.4 is 15.9 Å². The lowest BCUT2D eigenvalue weighted by atomic mass is 10.0. The molecule has 4 rings (SSSR count). The minimum atomic E-state index is -0.158. The number of aryl methyl sites for hydroxylation is 1. The summed E-state index contributed by atoms with van der Waals surface area (Å²) in [6.07, 6.45) is 6.82. The molecule has 0 bridgehead atoms. The number of H-pyrrole nitrogens is 1. The fourth-order valence-corrected chi connectivity index (χ4v) is 3.96. The van der Waals surface area contributed by atoms with Gasteiger partial charge in [0, 0.05) is 49.7 Å². The Hall–Kier alpha value is -3.36. The Balaban J connectivity index is 1.29. The molecule has 0 saturated carbocycles. The second-order valence-corrected chi connectivity index (χ2v) is 7.53. The number of rotatable bonds is 6. The van der Waals surface area contributed by atoms with Crippen LogP contribution in [-0.2, 0) is 11.2 Å². The molecule has 0 atom stereocenters. The van der Waals surface area contributed by atoms with E-state index in [0.29, 0.717) is 56.6 Å². The van der Waals surface area contributed by atoms with Crippen molar-refractivity contribution in [1.82, 2.24) is 24.1 Å². The van der Waals surface area contributed by atoms with Gasteiger partial charge in [-0.2, -0.15) is 0 Å². The van der Waals surface area contributed by atoms with E-state index in [9.17, 15) is 14.4 Å². The molecule has 9 heteroatoms. The van der Waals surface area contributed by atoms with Crippen molar-refractivity contribution in [2.45, 2.75) is 38.1 Å². The molecule has 158 valence electrons. The van der Waals surface area contributed by atoms with Crippen LogP contribution in [0.4, 0.5) is 0 Å². The van der Waals surface area contributed by atoms with Crippen LogP contribution in [0.3, 0.4) is 0 Å². The second-order valence-electron chi connectivity index (χ2n) is 7.53. The molecule has 1 fully saturated rings. The first-order valence-electron chi connectivity index (χ1n) is 10.2. The van der Waals surface area contributed by atoms with Crippen LogP contribution in [-0.4, -0.2) is 50.2 Å². The number of nitrogens with one attached hydrogen (secondary N) is 1. The average molecular weight is 411 g/mol. The lowest BCUT2D eigenvalue weighted by Gasteiger charge is -2.32. The molecule has 1 saturated heterocycles. The van der Waals surface area contributed by atoms with Gasteiger partial charge < -0.3 is 19.0 Å². The van der Waals surface area contributed by atoms with Gasteiger partial charge in [0.1, 0.15) is 5.52 Å². The minimum absolute atomic E-state index is 0.0324. The molecule has 4 heterocycles. The summed E-state index contributed by atoms with van der Waals surface area (Å²) in [6.45, 7) is 1.20. The van der Waals surface area contributed by atoms with Crippen molar-refractivity contribution in [3.8, 4) is 5.88 Å². The van der Waals surface area contributed by atoms with Crippen molar-refractivity contribution in [3.05, 3.63) is 63.1 Å². The standard InChI is InChI=1S/C21H25N5O4/c1-30-18-7-8-20(28)26(23-18)16-9-12-24(13-10-16)19(27)6-2-4-15-14-25-11-3-5-17(25)21(29)22-15/h3,5,7-8,11,14,16H,2,4,6,9-10,12-13H2,1H3,(H,22,29). The van der Waals surface area contributed by atoms with Gasteiger partial charge in [0.2, 0.25) is 11.8 Å². The van der Waals surface area contributed by atoms with E-state index in [1.807, 2.05) is 23.4 Å². The summed E-state index contributed by atoms with van der Waals surface area (Å²) in [5.41, 5.74) is 1.16. The molecular formula is C21H25N5O4. The lowest BCUT2D eigenvalue weighted by molar-refractivity contribution is -0.132. The predicted molar refractivity (Wildman–Crippen MR) is 111 cm³/mol. The van der Waals surface area contributed by atoms with E-state index < -0.39 is 0 Å². The van der Waals surface area contributed by atoms with Crippen molar-refractivity contribution >= 4 is 11.4 Å². The van der Waals surface area contributed by atoms with E-state index >= 15 is 0 Å². The average Bonchev–Trinajstić information content (AvgIpc) is 3.23. The van der Waals surface area contributed by atoms with Gasteiger partial charge in [-0.3, -0.25) is 14.4 Å². The van der Waals surface area contributed by atoms with Crippen LogP contribution in [0.15, 0.2) is 46.2 Å². The summed E-state index contributed by atoms with van der Waals surface area (Å²) < 4.78 is 8.38. The number of aromatic amines is 1. The largest absolute Gasteiger partial charge is 0.480 e. The maximum absolute atomic E-state index is 12.6. The SMILES string of the molecule is COc1ccc(=O)n(C2CCN(C(=O)CCCc3cn4cccc4c(=O)[nH]3)CC2)n1. The third kappa shape index (κ3) is 4.14. The van der Waals surface area contributed by atoms with Crippen LogP contribution in [0.25, 0.3) is 5.52 Å². The van der Waals surface area contributed by atoms with Crippen molar-refractivity contribution < 1.29 is 9.53 Å². The Bertz CT molecular complexity index is 1150. The maximum Gasteiger partial charge on any atom is 0.272 e. The van der Waals surface area contributed by atoms with Gasteiger partial charge in [0.25, 0.3) is 11.1 Å². The van der Waals surface area contributed by atoms with Gasteiger partial charge in [0.05, 0.1) is 13.2 Å². The summed E-state index contributed by atoms with van der Waals surface area (Å²) in [7, 11) is 1.52. The van der Waals surface area contributed by atoms with E-state index in [2.05, 4.69) is 10.1 Å². The predicted octanol–water partition coefficient (Wildman–Crippen LogP) is 1.38. The van der Waals surface area contributed by atoms with Gasteiger partial charge in [0.15, 0.2) is 0 Å². The molecule has 1 aliphatic rings. The molecule has 9 nitrogen and oxygen atoms in total. The Morgan fingerprint density at radius 3 is 2.80 bits per heavy atom. The number of piperidine rings is 1. The van der Waals surface area contributed by atoms with Crippen LogP contribution >= 0.6 is 0 Å². The van der Waals surface area contributed by atoms with E-state index in [1.54, 1.807) is 16.5 Å². The Morgan fingerprint density at radius 2 is 2.03 bits per heavy atom. The third-order valence-corrected chi connectivity index (χ3v) is 5.59. The molecule has 0 aromatic carbocycles. The Kier molecular flexibility index (Phi) is 5.69. The highest BCUT2D eigenvalue weighted by Gasteiger charge is 2.25. The number of hydrogen-bond acceptors (Lipinski definition) is 5. The van der Waals surface area contributed by atoms with E-state index in [0.717, 1.165) is 5.69 Å². The van der Waals surface area contributed by atoms with E-state index in [1.165, 1.54) is 17.9 Å². The number of carbonyl (C=O) groups is 1. The number of fused-ring (bicyclic) bond motifs is 1. The molecule has 0 unspecified atom stereocenters. The van der Waals surface area contributed by atoms with Gasteiger partial charge in [-0.25, -0.2) is 4.68 Å². The first-order valence-corrected chi connectivity index (χ1v) is 10.2. The molecule has 3 aromatic rings. The number of likely N-dealkylation sites (tertiary alicyclic amines) is 1. The monoisotopic (exact) mass is 411 g/mol. The van der Waals surface area contributed by atoms with Gasteiger partial charge in [-0.05, 0) is 37.8 Å². The zero-order valence-electron chi connectivity index (χ0n) is 16.9. The van der Waals surface area contributed by atoms with Crippen molar-refractivity contribution in [2.75, 3.05) is 20.2 Å². The van der Waals surface area contributed by atoms with Crippen molar-refractivity contribution in [3.63, 3.8) is 0 Å². The maximum atomic E-state index is 12.6. The Morgan fingerprint density at radius 1 is 1.23 bits per heavy atom. The normalized spacial score (nSPS) is 14.9. The number of amides is 1. The first kappa shape index (κ1) is 19.9. The van der Waals surface area contributed by atoms with Crippen molar-refractivity contribution in [2.24, 2.45) is 0 Å². The number of ether oxygens (including phenoxy) is 1. The van der Waals surface area contributed by atoms with E-state index in [-0.39, 0.29) is 23.1 Å².